The maximum atomic E-state index is 14.3. The molecule has 0 heterocycles. The summed E-state index contributed by atoms with van der Waals surface area (Å²) in [7, 11) is 0. The number of halogens is 7. The van der Waals surface area contributed by atoms with E-state index in [9.17, 15) is 45.1 Å². The summed E-state index contributed by atoms with van der Waals surface area (Å²) in [6.07, 6.45) is -7.08. The predicted molar refractivity (Wildman–Crippen MR) is 183 cm³/mol. The fourth-order valence-corrected chi connectivity index (χ4v) is 5.26. The predicted octanol–water partition coefficient (Wildman–Crippen LogP) is 9.69. The first kappa shape index (κ1) is 42.0. The van der Waals surface area contributed by atoms with Gasteiger partial charge in [0.05, 0.1) is 23.3 Å². The Morgan fingerprint density at radius 2 is 1.32 bits per heavy atom. The quantitative estimate of drug-likeness (QED) is 0.111. The molecule has 284 valence electrons. The van der Waals surface area contributed by atoms with Crippen molar-refractivity contribution in [2.75, 3.05) is 13.2 Å². The van der Waals surface area contributed by atoms with E-state index in [0.717, 1.165) is 53.9 Å². The van der Waals surface area contributed by atoms with E-state index >= 15 is 0 Å². The number of carbonyl (C=O) groups excluding carboxylic acids is 2. The first-order chi connectivity index (χ1) is 24.8. The summed E-state index contributed by atoms with van der Waals surface area (Å²) >= 11 is 0. The Morgan fingerprint density at radius 1 is 0.717 bits per heavy atom. The van der Waals surface area contributed by atoms with Gasteiger partial charge < -0.3 is 19.9 Å². The van der Waals surface area contributed by atoms with E-state index in [1.54, 1.807) is 19.1 Å². The molecule has 2 N–H and O–H groups in total. The third kappa shape index (κ3) is 12.7. The second-order valence-corrected chi connectivity index (χ2v) is 11.9. The maximum absolute atomic E-state index is 14.3. The average molecular weight is 750 g/mol. The van der Waals surface area contributed by atoms with Crippen molar-refractivity contribution in [2.45, 2.75) is 65.7 Å². The molecule has 1 amide bonds. The van der Waals surface area contributed by atoms with Crippen LogP contribution in [0.1, 0.15) is 79.9 Å². The standard InChI is InChI=1S/C30H31F4NO4.C9H7F3O2/c1-4-21-17-25(9-6-22(21)7-11-28(36)38-5-2)39-26-16-20(15-24(31)18-26)12-13-35-29(37)27-10-8-23(14-19(27)3)30(32,33)34;1-5-4-6(9(10,11)12)2-3-7(5)8(13)14/h6,8-10,14-18H,4-5,7,11-13H2,1-3H3,(H,35,37);2-4H,1H3,(H,13,14). The highest BCUT2D eigenvalue weighted by Crippen LogP contribution is 2.32. The highest BCUT2D eigenvalue weighted by atomic mass is 19.4. The van der Waals surface area contributed by atoms with E-state index in [0.29, 0.717) is 24.3 Å². The molecule has 0 saturated carbocycles. The van der Waals surface area contributed by atoms with E-state index in [1.165, 1.54) is 26.0 Å². The first-order valence-electron chi connectivity index (χ1n) is 16.4. The topological polar surface area (TPSA) is 102 Å². The lowest BCUT2D eigenvalue weighted by Crippen LogP contribution is -2.26. The van der Waals surface area contributed by atoms with Crippen molar-refractivity contribution in [1.82, 2.24) is 5.32 Å². The largest absolute Gasteiger partial charge is 0.478 e. The molecule has 0 aliphatic rings. The van der Waals surface area contributed by atoms with Gasteiger partial charge in [-0.15, -0.1) is 0 Å². The van der Waals surface area contributed by atoms with Crippen molar-refractivity contribution in [2.24, 2.45) is 0 Å². The molecule has 0 aliphatic carbocycles. The molecular formula is C39H38F7NO6. The number of aromatic carboxylic acids is 1. The van der Waals surface area contributed by atoms with Crippen LogP contribution in [0.25, 0.3) is 0 Å². The minimum Gasteiger partial charge on any atom is -0.478 e. The summed E-state index contributed by atoms with van der Waals surface area (Å²) in [4.78, 5) is 34.7. The number of carboxylic acid groups (broad SMARTS) is 1. The summed E-state index contributed by atoms with van der Waals surface area (Å²) in [5, 5.41) is 11.2. The summed E-state index contributed by atoms with van der Waals surface area (Å²) < 4.78 is 100. The third-order valence-corrected chi connectivity index (χ3v) is 7.91. The molecule has 14 heteroatoms. The molecule has 4 rings (SSSR count). The minimum absolute atomic E-state index is 0.104. The molecule has 4 aromatic carbocycles. The van der Waals surface area contributed by atoms with Gasteiger partial charge in [-0.1, -0.05) is 13.0 Å². The zero-order valence-corrected chi connectivity index (χ0v) is 29.3. The van der Waals surface area contributed by atoms with E-state index in [1.807, 2.05) is 19.1 Å². The van der Waals surface area contributed by atoms with Gasteiger partial charge in [-0.3, -0.25) is 9.59 Å². The van der Waals surface area contributed by atoms with Crippen LogP contribution < -0.4 is 10.1 Å². The van der Waals surface area contributed by atoms with Crippen molar-refractivity contribution in [3.63, 3.8) is 0 Å². The molecule has 0 unspecified atom stereocenters. The fourth-order valence-electron chi connectivity index (χ4n) is 5.26. The van der Waals surface area contributed by atoms with Crippen molar-refractivity contribution in [3.8, 4) is 11.5 Å². The minimum atomic E-state index is -4.48. The Bertz CT molecular complexity index is 1920. The summed E-state index contributed by atoms with van der Waals surface area (Å²) in [5.74, 6) is -1.68. The van der Waals surface area contributed by atoms with E-state index in [-0.39, 0.29) is 53.4 Å². The molecule has 53 heavy (non-hydrogen) atoms. The van der Waals surface area contributed by atoms with Crippen LogP contribution in [0, 0.1) is 19.7 Å². The number of aryl methyl sites for hydroxylation is 4. The summed E-state index contributed by atoms with van der Waals surface area (Å²) in [5.41, 5.74) is 1.29. The zero-order valence-electron chi connectivity index (χ0n) is 29.3. The Labute approximate surface area is 301 Å². The number of carboxylic acids is 1. The monoisotopic (exact) mass is 749 g/mol. The van der Waals surface area contributed by atoms with Crippen LogP contribution >= 0.6 is 0 Å². The van der Waals surface area contributed by atoms with Crippen molar-refractivity contribution in [1.29, 1.82) is 0 Å². The number of hydrogen-bond donors (Lipinski definition) is 2. The van der Waals surface area contributed by atoms with E-state index in [2.05, 4.69) is 5.32 Å². The lowest BCUT2D eigenvalue weighted by Gasteiger charge is -2.13. The molecular weight excluding hydrogens is 711 g/mol. The van der Waals surface area contributed by atoms with Crippen molar-refractivity contribution < 1.29 is 59.7 Å². The number of nitrogens with one attached hydrogen (secondary N) is 1. The number of alkyl halides is 6. The van der Waals surface area contributed by atoms with Gasteiger partial charge in [0.2, 0.25) is 0 Å². The molecule has 0 fully saturated rings. The van der Waals surface area contributed by atoms with Gasteiger partial charge in [0.25, 0.3) is 5.91 Å². The molecule has 0 spiro atoms. The second kappa shape index (κ2) is 18.4. The van der Waals surface area contributed by atoms with Gasteiger partial charge in [0.15, 0.2) is 0 Å². The van der Waals surface area contributed by atoms with Crippen LogP contribution in [0.4, 0.5) is 30.7 Å². The molecule has 0 aliphatic heterocycles. The molecule has 0 bridgehead atoms. The van der Waals surface area contributed by atoms with Gasteiger partial charge in [-0.2, -0.15) is 26.3 Å². The second-order valence-electron chi connectivity index (χ2n) is 11.9. The number of rotatable bonds is 12. The summed E-state index contributed by atoms with van der Waals surface area (Å²) in [6, 6.07) is 15.2. The van der Waals surface area contributed by atoms with Crippen LogP contribution in [-0.2, 0) is 41.1 Å². The van der Waals surface area contributed by atoms with E-state index < -0.39 is 41.2 Å². The van der Waals surface area contributed by atoms with Gasteiger partial charge in [0, 0.05) is 24.6 Å². The van der Waals surface area contributed by atoms with Gasteiger partial charge in [-0.05, 0) is 129 Å². The summed E-state index contributed by atoms with van der Waals surface area (Å²) in [6.45, 7) is 7.02. The Kier molecular flexibility index (Phi) is 14.6. The van der Waals surface area contributed by atoms with Crippen molar-refractivity contribution in [3.05, 3.63) is 129 Å². The SMILES string of the molecule is CCOC(=O)CCc1ccc(Oc2cc(F)cc(CCNC(=O)c3ccc(C(F)(F)F)cc3C)c2)cc1CC.Cc1cc(C(F)(F)F)ccc1C(=O)O. The van der Waals surface area contributed by atoms with Gasteiger partial charge >= 0.3 is 24.3 Å². The number of hydrogen-bond acceptors (Lipinski definition) is 5. The average Bonchev–Trinajstić information content (AvgIpc) is 3.06. The highest BCUT2D eigenvalue weighted by molar-refractivity contribution is 5.95. The van der Waals surface area contributed by atoms with Crippen LogP contribution in [-0.4, -0.2) is 36.1 Å². The van der Waals surface area contributed by atoms with Crippen LogP contribution in [0.15, 0.2) is 72.8 Å². The highest BCUT2D eigenvalue weighted by Gasteiger charge is 2.32. The maximum Gasteiger partial charge on any atom is 0.416 e. The normalized spacial score (nSPS) is 11.3. The lowest BCUT2D eigenvalue weighted by molar-refractivity contribution is -0.143. The van der Waals surface area contributed by atoms with Gasteiger partial charge in [0.1, 0.15) is 17.3 Å². The fraction of sp³-hybridized carbons (Fsp3) is 0.308. The Balaban J connectivity index is 0.000000452. The van der Waals surface area contributed by atoms with Crippen LogP contribution in [0.3, 0.4) is 0 Å². The number of ether oxygens (including phenoxy) is 2. The molecule has 0 aromatic heterocycles. The number of benzene rings is 4. The van der Waals surface area contributed by atoms with Crippen LogP contribution in [0.2, 0.25) is 0 Å². The number of carbonyl (C=O) groups is 3. The Hall–Kier alpha value is -5.40. The lowest BCUT2D eigenvalue weighted by atomic mass is 10.0. The van der Waals surface area contributed by atoms with Crippen LogP contribution in [0.5, 0.6) is 11.5 Å². The molecule has 0 radical (unpaired) electrons. The van der Waals surface area contributed by atoms with Gasteiger partial charge in [-0.25, -0.2) is 9.18 Å². The van der Waals surface area contributed by atoms with Crippen molar-refractivity contribution >= 4 is 17.8 Å². The smallest absolute Gasteiger partial charge is 0.416 e. The van der Waals surface area contributed by atoms with E-state index in [4.69, 9.17) is 14.6 Å². The molecule has 0 atom stereocenters. The molecule has 7 nitrogen and oxygen atoms in total. The molecule has 4 aromatic rings. The number of amides is 1. The Morgan fingerprint density at radius 3 is 1.85 bits per heavy atom. The zero-order chi connectivity index (χ0) is 39.5. The first-order valence-corrected chi connectivity index (χ1v) is 16.4. The third-order valence-electron chi connectivity index (χ3n) is 7.91. The number of esters is 1. The molecule has 0 saturated heterocycles.